The van der Waals surface area contributed by atoms with Crippen LogP contribution >= 0.6 is 15.9 Å². The Kier molecular flexibility index (Phi) is 3.89. The SMILES string of the molecule is C=C(Br)CNC1CCS(=O)(=O)c2ccc(F)cc21. The Hall–Kier alpha value is -0.720. The van der Waals surface area contributed by atoms with Crippen LogP contribution in [0.1, 0.15) is 18.0 Å². The van der Waals surface area contributed by atoms with Crippen molar-refractivity contribution in [2.45, 2.75) is 17.4 Å². The van der Waals surface area contributed by atoms with Crippen molar-refractivity contribution in [3.05, 3.63) is 40.6 Å². The molecule has 0 aliphatic carbocycles. The summed E-state index contributed by atoms with van der Waals surface area (Å²) in [6.45, 7) is 4.22. The molecule has 0 aromatic heterocycles. The van der Waals surface area contributed by atoms with E-state index in [4.69, 9.17) is 0 Å². The first kappa shape index (κ1) is 13.7. The van der Waals surface area contributed by atoms with Gasteiger partial charge < -0.3 is 5.32 Å². The third-order valence-electron chi connectivity index (χ3n) is 2.90. The van der Waals surface area contributed by atoms with Crippen LogP contribution in [0.25, 0.3) is 0 Å². The molecule has 0 bridgehead atoms. The molecular weight excluding hydrogens is 321 g/mol. The van der Waals surface area contributed by atoms with Crippen molar-refractivity contribution >= 4 is 25.8 Å². The Balaban J connectivity index is 2.38. The zero-order chi connectivity index (χ0) is 13.3. The molecule has 3 nitrogen and oxygen atoms in total. The maximum atomic E-state index is 13.3. The number of sulfone groups is 1. The molecule has 1 heterocycles. The highest BCUT2D eigenvalue weighted by Gasteiger charge is 2.30. The summed E-state index contributed by atoms with van der Waals surface area (Å²) >= 11 is 3.23. The van der Waals surface area contributed by atoms with E-state index in [9.17, 15) is 12.8 Å². The van der Waals surface area contributed by atoms with Crippen molar-refractivity contribution in [3.8, 4) is 0 Å². The predicted octanol–water partition coefficient (Wildman–Crippen LogP) is 2.54. The molecule has 6 heteroatoms. The maximum absolute atomic E-state index is 13.3. The van der Waals surface area contributed by atoms with Gasteiger partial charge in [0.15, 0.2) is 9.84 Å². The zero-order valence-electron chi connectivity index (χ0n) is 9.62. The molecule has 18 heavy (non-hydrogen) atoms. The Bertz CT molecular complexity index is 586. The Morgan fingerprint density at radius 2 is 2.28 bits per heavy atom. The number of nitrogens with one attached hydrogen (secondary N) is 1. The van der Waals surface area contributed by atoms with E-state index < -0.39 is 15.7 Å². The molecule has 0 saturated carbocycles. The summed E-state index contributed by atoms with van der Waals surface area (Å²) < 4.78 is 37.8. The third-order valence-corrected chi connectivity index (χ3v) is 4.99. The van der Waals surface area contributed by atoms with Gasteiger partial charge in [-0.15, -0.1) is 0 Å². The summed E-state index contributed by atoms with van der Waals surface area (Å²) in [4.78, 5) is 0.229. The average Bonchev–Trinajstić information content (AvgIpc) is 2.27. The molecule has 0 radical (unpaired) electrons. The largest absolute Gasteiger partial charge is 0.305 e. The topological polar surface area (TPSA) is 46.2 Å². The molecule has 2 rings (SSSR count). The Morgan fingerprint density at radius 1 is 1.56 bits per heavy atom. The van der Waals surface area contributed by atoms with Crippen LogP contribution < -0.4 is 5.32 Å². The first-order valence-corrected chi connectivity index (χ1v) is 7.93. The van der Waals surface area contributed by atoms with Crippen molar-refractivity contribution in [1.29, 1.82) is 0 Å². The number of fused-ring (bicyclic) bond motifs is 1. The van der Waals surface area contributed by atoms with Gasteiger partial charge in [0.25, 0.3) is 0 Å². The van der Waals surface area contributed by atoms with E-state index in [0.717, 1.165) is 4.48 Å². The number of hydrogen-bond acceptors (Lipinski definition) is 3. The first-order valence-electron chi connectivity index (χ1n) is 5.49. The van der Waals surface area contributed by atoms with Crippen LogP contribution in [0.4, 0.5) is 4.39 Å². The van der Waals surface area contributed by atoms with Crippen molar-refractivity contribution in [3.63, 3.8) is 0 Å². The van der Waals surface area contributed by atoms with Crippen LogP contribution in [0.3, 0.4) is 0 Å². The molecule has 1 aliphatic heterocycles. The van der Waals surface area contributed by atoms with Gasteiger partial charge in [0.1, 0.15) is 5.82 Å². The molecule has 0 spiro atoms. The van der Waals surface area contributed by atoms with Crippen molar-refractivity contribution in [2.75, 3.05) is 12.3 Å². The summed E-state index contributed by atoms with van der Waals surface area (Å²) in [5.74, 6) is -0.340. The lowest BCUT2D eigenvalue weighted by Crippen LogP contribution is -2.30. The lowest BCUT2D eigenvalue weighted by Gasteiger charge is -2.26. The van der Waals surface area contributed by atoms with Gasteiger partial charge in [0, 0.05) is 17.1 Å². The number of halogens is 2. The molecule has 1 N–H and O–H groups in total. The number of hydrogen-bond donors (Lipinski definition) is 1. The van der Waals surface area contributed by atoms with Gasteiger partial charge in [-0.3, -0.25) is 0 Å². The smallest absolute Gasteiger partial charge is 0.178 e. The first-order chi connectivity index (χ1) is 8.40. The highest BCUT2D eigenvalue weighted by molar-refractivity contribution is 9.11. The van der Waals surface area contributed by atoms with Gasteiger partial charge in [-0.25, -0.2) is 12.8 Å². The fourth-order valence-corrected chi connectivity index (χ4v) is 3.82. The Morgan fingerprint density at radius 3 is 2.94 bits per heavy atom. The van der Waals surface area contributed by atoms with Gasteiger partial charge in [0.05, 0.1) is 10.6 Å². The van der Waals surface area contributed by atoms with E-state index >= 15 is 0 Å². The minimum absolute atomic E-state index is 0.0814. The molecular formula is C12H13BrFNO2S. The Labute approximate surface area is 114 Å². The molecule has 1 aromatic carbocycles. The van der Waals surface area contributed by atoms with Gasteiger partial charge in [-0.05, 0) is 30.2 Å². The highest BCUT2D eigenvalue weighted by atomic mass is 79.9. The van der Waals surface area contributed by atoms with E-state index in [0.29, 0.717) is 18.5 Å². The summed E-state index contributed by atoms with van der Waals surface area (Å²) in [5.41, 5.74) is 0.509. The fourth-order valence-electron chi connectivity index (χ4n) is 2.06. The second-order valence-electron chi connectivity index (χ2n) is 4.24. The molecule has 0 fully saturated rings. The normalized spacial score (nSPS) is 21.3. The highest BCUT2D eigenvalue weighted by Crippen LogP contribution is 2.32. The molecule has 1 aromatic rings. The van der Waals surface area contributed by atoms with E-state index in [-0.39, 0.29) is 16.7 Å². The van der Waals surface area contributed by atoms with Crippen molar-refractivity contribution in [2.24, 2.45) is 0 Å². The van der Waals surface area contributed by atoms with Crippen LogP contribution in [0, 0.1) is 5.82 Å². The fraction of sp³-hybridized carbons (Fsp3) is 0.333. The number of benzene rings is 1. The molecule has 98 valence electrons. The molecule has 0 amide bonds. The lowest BCUT2D eigenvalue weighted by atomic mass is 10.0. The standard InChI is InChI=1S/C12H13BrFNO2S/c1-8(13)7-15-11-4-5-18(16,17)12-3-2-9(14)6-10(11)12/h2-3,6,11,15H,1,4-5,7H2. The minimum atomic E-state index is -3.27. The van der Waals surface area contributed by atoms with Crippen LogP contribution in [-0.4, -0.2) is 20.7 Å². The van der Waals surface area contributed by atoms with Crippen molar-refractivity contribution < 1.29 is 12.8 Å². The van der Waals surface area contributed by atoms with Gasteiger partial charge in [-0.1, -0.05) is 22.5 Å². The van der Waals surface area contributed by atoms with E-state index in [1.54, 1.807) is 0 Å². The summed E-state index contributed by atoms with van der Waals surface area (Å²) in [6, 6.07) is 3.66. The van der Waals surface area contributed by atoms with Crippen LogP contribution in [0.5, 0.6) is 0 Å². The summed E-state index contributed by atoms with van der Waals surface area (Å²) in [5, 5.41) is 3.16. The van der Waals surface area contributed by atoms with Gasteiger partial charge >= 0.3 is 0 Å². The summed E-state index contributed by atoms with van der Waals surface area (Å²) in [7, 11) is -3.27. The van der Waals surface area contributed by atoms with Crippen LogP contribution in [0.15, 0.2) is 34.2 Å². The second-order valence-corrected chi connectivity index (χ2v) is 7.44. The van der Waals surface area contributed by atoms with Gasteiger partial charge in [0.2, 0.25) is 0 Å². The zero-order valence-corrected chi connectivity index (χ0v) is 12.0. The van der Waals surface area contributed by atoms with E-state index in [1.165, 1.54) is 18.2 Å². The van der Waals surface area contributed by atoms with E-state index in [1.807, 2.05) is 0 Å². The quantitative estimate of drug-likeness (QED) is 0.864. The molecule has 1 aliphatic rings. The average molecular weight is 334 g/mol. The van der Waals surface area contributed by atoms with Crippen LogP contribution in [-0.2, 0) is 9.84 Å². The lowest BCUT2D eigenvalue weighted by molar-refractivity contribution is 0.507. The third kappa shape index (κ3) is 2.81. The monoisotopic (exact) mass is 333 g/mol. The second kappa shape index (κ2) is 5.11. The predicted molar refractivity (Wildman–Crippen MR) is 71.9 cm³/mol. The summed E-state index contributed by atoms with van der Waals surface area (Å²) in [6.07, 6.45) is 0.444. The molecule has 0 saturated heterocycles. The molecule has 1 atom stereocenters. The van der Waals surface area contributed by atoms with Crippen LogP contribution in [0.2, 0.25) is 0 Å². The van der Waals surface area contributed by atoms with Crippen molar-refractivity contribution in [1.82, 2.24) is 5.32 Å². The maximum Gasteiger partial charge on any atom is 0.178 e. The minimum Gasteiger partial charge on any atom is -0.305 e. The number of rotatable bonds is 3. The molecule has 1 unspecified atom stereocenters. The van der Waals surface area contributed by atoms with E-state index in [2.05, 4.69) is 27.8 Å². The van der Waals surface area contributed by atoms with Gasteiger partial charge in [-0.2, -0.15) is 0 Å².